The van der Waals surface area contributed by atoms with Crippen molar-refractivity contribution in [3.8, 4) is 5.75 Å². The maximum absolute atomic E-state index is 6.38. The predicted molar refractivity (Wildman–Crippen MR) is 125 cm³/mol. The number of benzene rings is 2. The molecule has 1 saturated heterocycles. The lowest BCUT2D eigenvalue weighted by molar-refractivity contribution is 0.341. The van der Waals surface area contributed by atoms with Crippen LogP contribution in [0, 0.1) is 6.92 Å². The molecular weight excluding hydrogens is 424 g/mol. The molecule has 5 rings (SSSR count). The fraction of sp³-hybridized carbons (Fsp3) is 0.333. The van der Waals surface area contributed by atoms with E-state index in [4.69, 9.17) is 26.3 Å². The summed E-state index contributed by atoms with van der Waals surface area (Å²) in [5.74, 6) is 0.907. The largest absolute Gasteiger partial charge is 0.494 e. The summed E-state index contributed by atoms with van der Waals surface area (Å²) >= 11 is 9.81. The van der Waals surface area contributed by atoms with Gasteiger partial charge in [-0.15, -0.1) is 0 Å². The van der Waals surface area contributed by atoms with Crippen LogP contribution in [0.2, 0.25) is 5.02 Å². The number of halogens is 1. The summed E-state index contributed by atoms with van der Waals surface area (Å²) in [7, 11) is 0. The minimum atomic E-state index is 0.676. The van der Waals surface area contributed by atoms with Gasteiger partial charge in [-0.1, -0.05) is 40.3 Å². The molecule has 0 aliphatic carbocycles. The number of aryl methyl sites for hydroxylation is 1. The van der Waals surface area contributed by atoms with Crippen molar-refractivity contribution in [1.82, 2.24) is 9.97 Å². The van der Waals surface area contributed by atoms with E-state index in [1.807, 2.05) is 31.2 Å². The van der Waals surface area contributed by atoms with Gasteiger partial charge in [0, 0.05) is 26.2 Å². The number of piperazine rings is 1. The van der Waals surface area contributed by atoms with Gasteiger partial charge in [-0.25, -0.2) is 9.97 Å². The summed E-state index contributed by atoms with van der Waals surface area (Å²) in [5, 5.41) is 2.92. The summed E-state index contributed by atoms with van der Waals surface area (Å²) in [6.07, 6.45) is 0. The Morgan fingerprint density at radius 1 is 1.00 bits per heavy atom. The van der Waals surface area contributed by atoms with E-state index in [1.165, 1.54) is 10.3 Å². The van der Waals surface area contributed by atoms with Gasteiger partial charge < -0.3 is 14.5 Å². The maximum Gasteiger partial charge on any atom is 0.186 e. The van der Waals surface area contributed by atoms with E-state index in [0.29, 0.717) is 6.61 Å². The van der Waals surface area contributed by atoms with Gasteiger partial charge in [-0.05, 0) is 43.7 Å². The van der Waals surface area contributed by atoms with Crippen LogP contribution in [0.5, 0.6) is 5.75 Å². The van der Waals surface area contributed by atoms with Gasteiger partial charge >= 0.3 is 0 Å². The van der Waals surface area contributed by atoms with Crippen LogP contribution in [-0.4, -0.2) is 42.8 Å². The third kappa shape index (κ3) is 3.52. The van der Waals surface area contributed by atoms with Crippen molar-refractivity contribution in [2.75, 3.05) is 42.6 Å². The van der Waals surface area contributed by atoms with E-state index in [2.05, 4.69) is 22.8 Å². The molecule has 0 atom stereocenters. The number of nitrogens with zero attached hydrogens (tertiary/aromatic N) is 4. The van der Waals surface area contributed by atoms with E-state index in [0.717, 1.165) is 62.9 Å². The van der Waals surface area contributed by atoms with Crippen LogP contribution >= 0.6 is 34.3 Å². The van der Waals surface area contributed by atoms with Gasteiger partial charge in [0.25, 0.3) is 0 Å². The fourth-order valence-electron chi connectivity index (χ4n) is 3.60. The molecule has 5 nitrogen and oxygen atoms in total. The lowest BCUT2D eigenvalue weighted by Crippen LogP contribution is -2.46. The quantitative estimate of drug-likeness (QED) is 0.410. The number of hydrogen-bond acceptors (Lipinski definition) is 7. The van der Waals surface area contributed by atoms with Gasteiger partial charge in [0.15, 0.2) is 10.3 Å². The molecule has 1 aliphatic heterocycles. The lowest BCUT2D eigenvalue weighted by atomic mass is 10.2. The highest BCUT2D eigenvalue weighted by molar-refractivity contribution is 7.23. The van der Waals surface area contributed by atoms with E-state index in [-0.39, 0.29) is 0 Å². The average Bonchev–Trinajstić information content (AvgIpc) is 3.36. The van der Waals surface area contributed by atoms with Crippen molar-refractivity contribution in [3.63, 3.8) is 0 Å². The minimum Gasteiger partial charge on any atom is -0.494 e. The molecule has 8 heteroatoms. The first kappa shape index (κ1) is 18.9. The predicted octanol–water partition coefficient (Wildman–Crippen LogP) is 5.59. The van der Waals surface area contributed by atoms with Crippen molar-refractivity contribution in [2.45, 2.75) is 13.8 Å². The van der Waals surface area contributed by atoms with Gasteiger partial charge in [0.05, 0.1) is 32.1 Å². The Kier molecular flexibility index (Phi) is 4.97. The highest BCUT2D eigenvalue weighted by atomic mass is 35.5. The standard InChI is InChI=1S/C21H21ClN4OS2/c1-3-27-14-5-7-16-17(12-14)28-20(23-16)25-8-10-26(11-9-25)21-24-18-13(2)4-6-15(22)19(18)29-21/h4-7,12H,3,8-11H2,1-2H3. The van der Waals surface area contributed by atoms with Gasteiger partial charge in [-0.2, -0.15) is 0 Å². The smallest absolute Gasteiger partial charge is 0.186 e. The van der Waals surface area contributed by atoms with Crippen LogP contribution in [0.25, 0.3) is 20.4 Å². The first-order chi connectivity index (χ1) is 14.1. The van der Waals surface area contributed by atoms with Crippen LogP contribution in [0.3, 0.4) is 0 Å². The summed E-state index contributed by atoms with van der Waals surface area (Å²) in [4.78, 5) is 14.4. The molecule has 0 unspecified atom stereocenters. The Balaban J connectivity index is 1.33. The van der Waals surface area contributed by atoms with Gasteiger partial charge in [0.1, 0.15) is 5.75 Å². The molecule has 0 N–H and O–H groups in total. The number of aromatic nitrogens is 2. The number of thiazole rings is 2. The highest BCUT2D eigenvalue weighted by Crippen LogP contribution is 2.37. The van der Waals surface area contributed by atoms with Crippen molar-refractivity contribution < 1.29 is 4.74 Å². The van der Waals surface area contributed by atoms with Gasteiger partial charge in [-0.3, -0.25) is 0 Å². The van der Waals surface area contributed by atoms with Crippen LogP contribution in [0.15, 0.2) is 30.3 Å². The topological polar surface area (TPSA) is 41.5 Å². The molecule has 2 aromatic heterocycles. The van der Waals surface area contributed by atoms with Crippen molar-refractivity contribution >= 4 is 65.0 Å². The molecule has 0 amide bonds. The van der Waals surface area contributed by atoms with Crippen LogP contribution in [0.4, 0.5) is 10.3 Å². The Morgan fingerprint density at radius 3 is 2.41 bits per heavy atom. The Bertz CT molecular complexity index is 1140. The number of fused-ring (bicyclic) bond motifs is 2. The summed E-state index contributed by atoms with van der Waals surface area (Å²) in [5.41, 5.74) is 3.23. The van der Waals surface area contributed by atoms with Crippen LogP contribution in [-0.2, 0) is 0 Å². The molecule has 2 aromatic carbocycles. The summed E-state index contributed by atoms with van der Waals surface area (Å²) in [6, 6.07) is 10.1. The van der Waals surface area contributed by atoms with Crippen molar-refractivity contribution in [2.24, 2.45) is 0 Å². The minimum absolute atomic E-state index is 0.676. The number of hydrogen-bond donors (Lipinski definition) is 0. The molecule has 29 heavy (non-hydrogen) atoms. The molecule has 0 radical (unpaired) electrons. The average molecular weight is 445 g/mol. The number of rotatable bonds is 4. The third-order valence-corrected chi connectivity index (χ3v) is 7.82. The molecule has 1 aliphatic rings. The molecule has 4 aromatic rings. The fourth-order valence-corrected chi connectivity index (χ4v) is 6.01. The second kappa shape index (κ2) is 7.63. The number of anilines is 2. The summed E-state index contributed by atoms with van der Waals surface area (Å²) in [6.45, 7) is 8.48. The summed E-state index contributed by atoms with van der Waals surface area (Å²) < 4.78 is 7.87. The van der Waals surface area contributed by atoms with Crippen molar-refractivity contribution in [1.29, 1.82) is 0 Å². The molecule has 0 spiro atoms. The molecule has 0 saturated carbocycles. The first-order valence-electron chi connectivity index (χ1n) is 9.71. The molecule has 1 fully saturated rings. The molecular formula is C21H21ClN4OS2. The zero-order chi connectivity index (χ0) is 20.0. The normalized spacial score (nSPS) is 14.9. The molecule has 0 bridgehead atoms. The van der Waals surface area contributed by atoms with E-state index >= 15 is 0 Å². The third-order valence-electron chi connectivity index (χ3n) is 5.17. The second-order valence-corrected chi connectivity index (χ2v) is 9.47. The molecule has 3 heterocycles. The highest BCUT2D eigenvalue weighted by Gasteiger charge is 2.23. The second-order valence-electron chi connectivity index (χ2n) is 7.07. The Morgan fingerprint density at radius 2 is 1.72 bits per heavy atom. The zero-order valence-electron chi connectivity index (χ0n) is 16.3. The SMILES string of the molecule is CCOc1ccc2nc(N3CCN(c4nc5c(C)ccc(Cl)c5s4)CC3)sc2c1. The maximum atomic E-state index is 6.38. The molecule has 150 valence electrons. The monoisotopic (exact) mass is 444 g/mol. The van der Waals surface area contributed by atoms with E-state index in [1.54, 1.807) is 22.7 Å². The van der Waals surface area contributed by atoms with Crippen LogP contribution < -0.4 is 14.5 Å². The first-order valence-corrected chi connectivity index (χ1v) is 11.7. The Hall–Kier alpha value is -2.09. The zero-order valence-corrected chi connectivity index (χ0v) is 18.7. The Labute approximate surface area is 182 Å². The van der Waals surface area contributed by atoms with E-state index in [9.17, 15) is 0 Å². The number of ether oxygens (including phenoxy) is 1. The van der Waals surface area contributed by atoms with Crippen molar-refractivity contribution in [3.05, 3.63) is 40.9 Å². The van der Waals surface area contributed by atoms with Gasteiger partial charge in [0.2, 0.25) is 0 Å². The van der Waals surface area contributed by atoms with Crippen LogP contribution in [0.1, 0.15) is 12.5 Å². The van der Waals surface area contributed by atoms with E-state index < -0.39 is 0 Å². The lowest BCUT2D eigenvalue weighted by Gasteiger charge is -2.34.